The van der Waals surface area contributed by atoms with E-state index in [1.54, 1.807) is 56.7 Å². The Hall–Kier alpha value is -4.64. The molecule has 0 radical (unpaired) electrons. The molecule has 5 rings (SSSR count). The number of benzene rings is 3. The summed E-state index contributed by atoms with van der Waals surface area (Å²) in [5, 5.41) is 14.3. The number of nitrogens with two attached hydrogens (primary N) is 1. The molecule has 0 bridgehead atoms. The van der Waals surface area contributed by atoms with Crippen molar-refractivity contribution in [1.29, 1.82) is 0 Å². The van der Waals surface area contributed by atoms with Gasteiger partial charge in [-0.25, -0.2) is 9.37 Å². The van der Waals surface area contributed by atoms with E-state index in [0.29, 0.717) is 54.5 Å². The standard InChI is InChI=1S/C31H35FN6O4/c1-4-34-24(19-8-10-21(32)11-9-19)17-29(40)37-12-13-38(26(18-37)20-6-5-7-22(39)14-20)31-35-25-16-28(42-3)27(41-2)15-23(25)30(33)36-31/h5-11,14-16,24,26,34,39H,4,12-13,17-18H2,1-3H3,(H2,33,35,36)/t24-,26?/m1/s1. The molecule has 1 amide bonds. The van der Waals surface area contributed by atoms with Crippen molar-refractivity contribution in [3.63, 3.8) is 0 Å². The third kappa shape index (κ3) is 6.01. The summed E-state index contributed by atoms with van der Waals surface area (Å²) in [5.41, 5.74) is 8.65. The summed E-state index contributed by atoms with van der Waals surface area (Å²) in [6.45, 7) is 3.85. The van der Waals surface area contributed by atoms with E-state index < -0.39 is 0 Å². The number of fused-ring (bicyclic) bond motifs is 1. The summed E-state index contributed by atoms with van der Waals surface area (Å²) in [6, 6.07) is 16.1. The van der Waals surface area contributed by atoms with Crippen LogP contribution in [0.15, 0.2) is 60.7 Å². The van der Waals surface area contributed by atoms with Crippen LogP contribution in [0.5, 0.6) is 17.2 Å². The number of ether oxygens (including phenoxy) is 2. The van der Waals surface area contributed by atoms with E-state index in [4.69, 9.17) is 20.2 Å². The lowest BCUT2D eigenvalue weighted by molar-refractivity contribution is -0.132. The van der Waals surface area contributed by atoms with Gasteiger partial charge in [0.25, 0.3) is 0 Å². The summed E-state index contributed by atoms with van der Waals surface area (Å²) in [7, 11) is 3.11. The molecule has 2 atom stereocenters. The van der Waals surface area contributed by atoms with Crippen molar-refractivity contribution >= 4 is 28.6 Å². The number of anilines is 2. The smallest absolute Gasteiger partial charge is 0.228 e. The number of amides is 1. The van der Waals surface area contributed by atoms with Crippen molar-refractivity contribution in [2.75, 3.05) is 51.0 Å². The van der Waals surface area contributed by atoms with Crippen molar-refractivity contribution in [2.45, 2.75) is 25.4 Å². The fourth-order valence-corrected chi connectivity index (χ4v) is 5.41. The van der Waals surface area contributed by atoms with Crippen molar-refractivity contribution in [1.82, 2.24) is 20.2 Å². The average molecular weight is 575 g/mol. The maximum absolute atomic E-state index is 13.6. The number of carbonyl (C=O) groups excluding carboxylic acids is 1. The van der Waals surface area contributed by atoms with Gasteiger partial charge in [-0.15, -0.1) is 0 Å². The van der Waals surface area contributed by atoms with Crippen molar-refractivity contribution in [3.05, 3.63) is 77.6 Å². The summed E-state index contributed by atoms with van der Waals surface area (Å²) >= 11 is 0. The second kappa shape index (κ2) is 12.5. The van der Waals surface area contributed by atoms with Crippen LogP contribution in [0.3, 0.4) is 0 Å². The largest absolute Gasteiger partial charge is 0.508 e. The Balaban J connectivity index is 1.46. The van der Waals surface area contributed by atoms with Gasteiger partial charge in [0.15, 0.2) is 11.5 Å². The highest BCUT2D eigenvalue weighted by molar-refractivity contribution is 5.92. The summed E-state index contributed by atoms with van der Waals surface area (Å²) < 4.78 is 24.4. The van der Waals surface area contributed by atoms with Crippen LogP contribution in [0.2, 0.25) is 0 Å². The van der Waals surface area contributed by atoms with Gasteiger partial charge in [0.1, 0.15) is 17.4 Å². The molecule has 1 saturated heterocycles. The molecule has 4 N–H and O–H groups in total. The van der Waals surface area contributed by atoms with Crippen molar-refractivity contribution < 1.29 is 23.8 Å². The normalized spacial score (nSPS) is 16.0. The fraction of sp³-hybridized carbons (Fsp3) is 0.323. The molecule has 42 heavy (non-hydrogen) atoms. The van der Waals surface area contributed by atoms with Gasteiger partial charge in [-0.2, -0.15) is 4.98 Å². The number of hydrogen-bond donors (Lipinski definition) is 3. The van der Waals surface area contributed by atoms with Crippen LogP contribution < -0.4 is 25.4 Å². The number of aromatic nitrogens is 2. The molecule has 220 valence electrons. The molecule has 2 heterocycles. The molecule has 1 aromatic heterocycles. The second-order valence-electron chi connectivity index (χ2n) is 10.1. The van der Waals surface area contributed by atoms with E-state index in [2.05, 4.69) is 10.3 Å². The van der Waals surface area contributed by atoms with Crippen LogP contribution in [0.25, 0.3) is 10.9 Å². The first-order valence-corrected chi connectivity index (χ1v) is 13.8. The maximum atomic E-state index is 13.6. The van der Waals surface area contributed by atoms with Crippen molar-refractivity contribution in [3.8, 4) is 17.2 Å². The van der Waals surface area contributed by atoms with Crippen LogP contribution in [0, 0.1) is 5.82 Å². The molecule has 4 aromatic rings. The molecule has 11 heteroatoms. The number of nitrogens with one attached hydrogen (secondary N) is 1. The van der Waals surface area contributed by atoms with Gasteiger partial charge < -0.3 is 35.4 Å². The minimum absolute atomic E-state index is 0.0362. The van der Waals surface area contributed by atoms with Crippen LogP contribution in [-0.2, 0) is 4.79 Å². The van der Waals surface area contributed by atoms with Gasteiger partial charge >= 0.3 is 0 Å². The number of nitrogen functional groups attached to an aromatic ring is 1. The molecule has 1 aliphatic heterocycles. The summed E-state index contributed by atoms with van der Waals surface area (Å²) in [4.78, 5) is 26.9. The average Bonchev–Trinajstić information content (AvgIpc) is 3.00. The Labute approximate surface area is 243 Å². The Morgan fingerprint density at radius 1 is 1.10 bits per heavy atom. The number of methoxy groups -OCH3 is 2. The molecule has 0 saturated carbocycles. The minimum Gasteiger partial charge on any atom is -0.508 e. The minimum atomic E-state index is -0.352. The zero-order chi connectivity index (χ0) is 29.8. The Morgan fingerprint density at radius 2 is 1.83 bits per heavy atom. The van der Waals surface area contributed by atoms with E-state index in [0.717, 1.165) is 11.1 Å². The highest BCUT2D eigenvalue weighted by atomic mass is 19.1. The third-order valence-corrected chi connectivity index (χ3v) is 7.57. The van der Waals surface area contributed by atoms with Crippen LogP contribution in [0.1, 0.15) is 36.6 Å². The monoisotopic (exact) mass is 574 g/mol. The van der Waals surface area contributed by atoms with Gasteiger partial charge in [0.05, 0.1) is 25.8 Å². The first-order valence-electron chi connectivity index (χ1n) is 13.8. The van der Waals surface area contributed by atoms with Gasteiger partial charge in [-0.3, -0.25) is 4.79 Å². The van der Waals surface area contributed by atoms with Gasteiger partial charge in [0, 0.05) is 43.5 Å². The number of aromatic hydroxyl groups is 1. The van der Waals surface area contributed by atoms with Crippen LogP contribution in [0.4, 0.5) is 16.2 Å². The number of hydrogen-bond acceptors (Lipinski definition) is 9. The van der Waals surface area contributed by atoms with E-state index in [1.807, 2.05) is 22.8 Å². The number of piperazine rings is 1. The Morgan fingerprint density at radius 3 is 2.52 bits per heavy atom. The molecule has 3 aromatic carbocycles. The molecule has 1 unspecified atom stereocenters. The van der Waals surface area contributed by atoms with E-state index in [-0.39, 0.29) is 41.8 Å². The SMILES string of the molecule is CCN[C@H](CC(=O)N1CCN(c2nc(N)c3cc(OC)c(OC)cc3n2)C(c2cccc(O)c2)C1)c1ccc(F)cc1. The Kier molecular flexibility index (Phi) is 8.58. The van der Waals surface area contributed by atoms with E-state index in [1.165, 1.54) is 12.1 Å². The highest BCUT2D eigenvalue weighted by Gasteiger charge is 2.34. The van der Waals surface area contributed by atoms with Gasteiger partial charge in [-0.1, -0.05) is 31.2 Å². The van der Waals surface area contributed by atoms with Gasteiger partial charge in [0.2, 0.25) is 11.9 Å². The number of nitrogens with zero attached hydrogens (tertiary/aromatic N) is 4. The molecular weight excluding hydrogens is 539 g/mol. The van der Waals surface area contributed by atoms with E-state index in [9.17, 15) is 14.3 Å². The first-order chi connectivity index (χ1) is 20.3. The Bertz CT molecular complexity index is 1570. The lowest BCUT2D eigenvalue weighted by atomic mass is 10.00. The zero-order valence-corrected chi connectivity index (χ0v) is 23.9. The number of carbonyl (C=O) groups is 1. The lowest BCUT2D eigenvalue weighted by Crippen LogP contribution is -2.51. The fourth-order valence-electron chi connectivity index (χ4n) is 5.41. The first kappa shape index (κ1) is 28.9. The van der Waals surface area contributed by atoms with Crippen LogP contribution >= 0.6 is 0 Å². The predicted octanol–water partition coefficient (Wildman–Crippen LogP) is 4.20. The van der Waals surface area contributed by atoms with E-state index >= 15 is 0 Å². The molecule has 0 aliphatic carbocycles. The molecule has 10 nitrogen and oxygen atoms in total. The number of halogens is 1. The predicted molar refractivity (Wildman–Crippen MR) is 159 cm³/mol. The van der Waals surface area contributed by atoms with Crippen molar-refractivity contribution in [2.24, 2.45) is 0 Å². The molecular formula is C31H35FN6O4. The van der Waals surface area contributed by atoms with Gasteiger partial charge in [-0.05, 0) is 48.0 Å². The highest BCUT2D eigenvalue weighted by Crippen LogP contribution is 2.36. The molecule has 1 aliphatic rings. The van der Waals surface area contributed by atoms with Crippen LogP contribution in [-0.4, -0.2) is 66.3 Å². The summed E-state index contributed by atoms with van der Waals surface area (Å²) in [6.07, 6.45) is 0.216. The molecule has 0 spiro atoms. The second-order valence-corrected chi connectivity index (χ2v) is 10.1. The zero-order valence-electron chi connectivity index (χ0n) is 23.9. The number of phenolic OH excluding ortho intramolecular Hbond substituents is 1. The number of phenols is 1. The topological polar surface area (TPSA) is 126 Å². The molecule has 1 fully saturated rings. The third-order valence-electron chi connectivity index (χ3n) is 7.57. The maximum Gasteiger partial charge on any atom is 0.228 e. The quantitative estimate of drug-likeness (QED) is 0.270. The lowest BCUT2D eigenvalue weighted by Gasteiger charge is -2.42. The summed E-state index contributed by atoms with van der Waals surface area (Å²) in [5.74, 6) is 1.50. The number of rotatable bonds is 9.